The Morgan fingerprint density at radius 1 is 1.13 bits per heavy atom. The van der Waals surface area contributed by atoms with Crippen molar-refractivity contribution in [1.82, 2.24) is 5.32 Å². The second-order valence-electron chi connectivity index (χ2n) is 5.48. The van der Waals surface area contributed by atoms with Crippen LogP contribution in [0.4, 0.5) is 0 Å². The summed E-state index contributed by atoms with van der Waals surface area (Å²) in [5.41, 5.74) is 2.49. The van der Waals surface area contributed by atoms with Crippen LogP contribution >= 0.6 is 15.9 Å². The largest absolute Gasteiger partial charge is 0.478 e. The van der Waals surface area contributed by atoms with Crippen molar-refractivity contribution in [2.24, 2.45) is 5.92 Å². The predicted molar refractivity (Wildman–Crippen MR) is 93.5 cm³/mol. The summed E-state index contributed by atoms with van der Waals surface area (Å²) in [6.45, 7) is 1.46. The molecule has 4 nitrogen and oxygen atoms in total. The van der Waals surface area contributed by atoms with Gasteiger partial charge < -0.3 is 15.5 Å². The third-order valence-corrected chi connectivity index (χ3v) is 4.46. The van der Waals surface area contributed by atoms with Gasteiger partial charge in [-0.15, -0.1) is 0 Å². The number of hydrogen-bond donors (Lipinski definition) is 3. The minimum atomic E-state index is -0.918. The van der Waals surface area contributed by atoms with Gasteiger partial charge in [0, 0.05) is 24.2 Å². The third-order valence-electron chi connectivity index (χ3n) is 3.69. The lowest BCUT2D eigenvalue weighted by Gasteiger charge is -2.16. The fraction of sp³-hybridized carbons (Fsp3) is 0.278. The molecular formula is C18H20BrNO3. The Kier molecular flexibility index (Phi) is 6.77. The molecule has 5 heteroatoms. The highest BCUT2D eigenvalue weighted by Gasteiger charge is 2.10. The van der Waals surface area contributed by atoms with Crippen molar-refractivity contribution in [3.8, 4) is 0 Å². The van der Waals surface area contributed by atoms with Gasteiger partial charge in [-0.25, -0.2) is 4.79 Å². The van der Waals surface area contributed by atoms with Gasteiger partial charge in [-0.2, -0.15) is 0 Å². The number of aromatic carboxylic acids is 1. The Morgan fingerprint density at radius 3 is 2.43 bits per heavy atom. The van der Waals surface area contributed by atoms with Gasteiger partial charge in [0.15, 0.2) is 0 Å². The first-order valence-corrected chi connectivity index (χ1v) is 8.26. The smallest absolute Gasteiger partial charge is 0.335 e. The zero-order valence-electron chi connectivity index (χ0n) is 12.7. The third kappa shape index (κ3) is 5.46. The molecule has 2 rings (SSSR count). The molecule has 0 radical (unpaired) electrons. The Balaban J connectivity index is 1.83. The monoisotopic (exact) mass is 377 g/mol. The maximum Gasteiger partial charge on any atom is 0.335 e. The van der Waals surface area contributed by atoms with E-state index in [2.05, 4.69) is 27.3 Å². The van der Waals surface area contributed by atoms with Crippen LogP contribution in [-0.4, -0.2) is 29.3 Å². The van der Waals surface area contributed by atoms with Crippen molar-refractivity contribution in [3.05, 3.63) is 69.7 Å². The van der Waals surface area contributed by atoms with E-state index in [1.807, 2.05) is 18.2 Å². The van der Waals surface area contributed by atoms with E-state index in [-0.39, 0.29) is 18.1 Å². The van der Waals surface area contributed by atoms with Gasteiger partial charge in [0.2, 0.25) is 0 Å². The molecule has 0 spiro atoms. The van der Waals surface area contributed by atoms with Crippen LogP contribution in [0.1, 0.15) is 21.5 Å². The summed E-state index contributed by atoms with van der Waals surface area (Å²) in [7, 11) is 0. The fourth-order valence-electron chi connectivity index (χ4n) is 2.36. The minimum Gasteiger partial charge on any atom is -0.478 e. The topological polar surface area (TPSA) is 69.6 Å². The highest BCUT2D eigenvalue weighted by molar-refractivity contribution is 9.10. The average Bonchev–Trinajstić information content (AvgIpc) is 2.56. The Bertz CT molecular complexity index is 643. The van der Waals surface area contributed by atoms with Gasteiger partial charge in [0.05, 0.1) is 5.56 Å². The zero-order chi connectivity index (χ0) is 16.7. The van der Waals surface area contributed by atoms with Crippen LogP contribution in [0.15, 0.2) is 53.0 Å². The summed E-state index contributed by atoms with van der Waals surface area (Å²) < 4.78 is 1.06. The summed E-state index contributed by atoms with van der Waals surface area (Å²) in [5.74, 6) is -0.787. The SMILES string of the molecule is O=C(O)c1ccc(CNCC(CO)Cc2ccccc2Br)cc1. The molecule has 122 valence electrons. The molecule has 0 heterocycles. The lowest BCUT2D eigenvalue weighted by molar-refractivity contribution is 0.0697. The Labute approximate surface area is 144 Å². The zero-order valence-corrected chi connectivity index (χ0v) is 14.3. The molecule has 0 aliphatic rings. The quantitative estimate of drug-likeness (QED) is 0.660. The van der Waals surface area contributed by atoms with Crippen LogP contribution in [0.3, 0.4) is 0 Å². The number of rotatable bonds is 8. The highest BCUT2D eigenvalue weighted by atomic mass is 79.9. The number of aliphatic hydroxyl groups excluding tert-OH is 1. The number of halogens is 1. The molecule has 0 amide bonds. The van der Waals surface area contributed by atoms with Crippen molar-refractivity contribution in [2.45, 2.75) is 13.0 Å². The molecule has 0 bridgehead atoms. The van der Waals surface area contributed by atoms with Gasteiger partial charge in [0.25, 0.3) is 0 Å². The standard InChI is InChI=1S/C18H20BrNO3/c19-17-4-2-1-3-16(17)9-14(12-21)11-20-10-13-5-7-15(8-6-13)18(22)23/h1-8,14,20-21H,9-12H2,(H,22,23). The second-order valence-corrected chi connectivity index (χ2v) is 6.33. The van der Waals surface area contributed by atoms with Crippen LogP contribution in [0, 0.1) is 5.92 Å². The maximum absolute atomic E-state index is 10.8. The summed E-state index contributed by atoms with van der Waals surface area (Å²) in [4.78, 5) is 10.8. The van der Waals surface area contributed by atoms with E-state index in [9.17, 15) is 9.90 Å². The van der Waals surface area contributed by atoms with E-state index in [4.69, 9.17) is 5.11 Å². The molecule has 0 fully saturated rings. The first-order valence-electron chi connectivity index (χ1n) is 7.47. The van der Waals surface area contributed by atoms with Crippen LogP contribution in [0.5, 0.6) is 0 Å². The van der Waals surface area contributed by atoms with E-state index < -0.39 is 5.97 Å². The second kappa shape index (κ2) is 8.82. The number of carboxylic acid groups (broad SMARTS) is 1. The lowest BCUT2D eigenvalue weighted by atomic mass is 10.00. The number of hydrogen-bond acceptors (Lipinski definition) is 3. The molecule has 3 N–H and O–H groups in total. The van der Waals surface area contributed by atoms with Gasteiger partial charge in [0.1, 0.15) is 0 Å². The summed E-state index contributed by atoms with van der Waals surface area (Å²) >= 11 is 3.53. The van der Waals surface area contributed by atoms with Crippen molar-refractivity contribution in [3.63, 3.8) is 0 Å². The number of carboxylic acids is 1. The van der Waals surface area contributed by atoms with Crippen LogP contribution < -0.4 is 5.32 Å². The molecule has 1 unspecified atom stereocenters. The fourth-order valence-corrected chi connectivity index (χ4v) is 2.81. The number of aliphatic hydroxyl groups is 1. The van der Waals surface area contributed by atoms with Crippen molar-refractivity contribution >= 4 is 21.9 Å². The molecule has 0 saturated heterocycles. The van der Waals surface area contributed by atoms with E-state index in [0.717, 1.165) is 16.5 Å². The van der Waals surface area contributed by atoms with Crippen LogP contribution in [-0.2, 0) is 13.0 Å². The first kappa shape index (κ1) is 17.7. The highest BCUT2D eigenvalue weighted by Crippen LogP contribution is 2.19. The number of nitrogens with one attached hydrogen (secondary N) is 1. The summed E-state index contributed by atoms with van der Waals surface area (Å²) in [6.07, 6.45) is 0.795. The van der Waals surface area contributed by atoms with Crippen molar-refractivity contribution in [1.29, 1.82) is 0 Å². The van der Waals surface area contributed by atoms with Crippen molar-refractivity contribution < 1.29 is 15.0 Å². The van der Waals surface area contributed by atoms with E-state index in [1.165, 1.54) is 5.56 Å². The molecule has 0 aliphatic heterocycles. The van der Waals surface area contributed by atoms with Crippen molar-refractivity contribution in [2.75, 3.05) is 13.2 Å². The Morgan fingerprint density at radius 2 is 1.83 bits per heavy atom. The molecule has 0 saturated carbocycles. The normalized spacial score (nSPS) is 12.1. The summed E-state index contributed by atoms with van der Waals surface area (Å²) in [6, 6.07) is 14.8. The van der Waals surface area contributed by atoms with Gasteiger partial charge in [-0.3, -0.25) is 0 Å². The number of benzene rings is 2. The van der Waals surface area contributed by atoms with E-state index >= 15 is 0 Å². The molecule has 0 aliphatic carbocycles. The maximum atomic E-state index is 10.8. The first-order chi connectivity index (χ1) is 11.1. The molecular weight excluding hydrogens is 358 g/mol. The molecule has 1 atom stereocenters. The van der Waals surface area contributed by atoms with Gasteiger partial charge in [-0.1, -0.05) is 46.3 Å². The van der Waals surface area contributed by atoms with E-state index in [0.29, 0.717) is 13.1 Å². The minimum absolute atomic E-state index is 0.117. The van der Waals surface area contributed by atoms with Gasteiger partial charge in [-0.05, 0) is 41.7 Å². The van der Waals surface area contributed by atoms with Gasteiger partial charge >= 0.3 is 5.97 Å². The van der Waals surface area contributed by atoms with Crippen LogP contribution in [0.25, 0.3) is 0 Å². The number of carbonyl (C=O) groups is 1. The molecule has 23 heavy (non-hydrogen) atoms. The van der Waals surface area contributed by atoms with Crippen LogP contribution in [0.2, 0.25) is 0 Å². The lowest BCUT2D eigenvalue weighted by Crippen LogP contribution is -2.26. The molecule has 2 aromatic rings. The molecule has 0 aromatic heterocycles. The Hall–Kier alpha value is -1.69. The molecule has 2 aromatic carbocycles. The summed E-state index contributed by atoms with van der Waals surface area (Å²) in [5, 5.41) is 21.7. The predicted octanol–water partition coefficient (Wildman–Crippen LogP) is 3.09. The van der Waals surface area contributed by atoms with E-state index in [1.54, 1.807) is 24.3 Å². The average molecular weight is 378 g/mol.